The first-order valence-corrected chi connectivity index (χ1v) is 10.7. The molecule has 0 aliphatic rings. The first-order chi connectivity index (χ1) is 12.7. The number of hydrogen-bond donors (Lipinski definition) is 1. The molecule has 0 atom stereocenters. The van der Waals surface area contributed by atoms with Crippen molar-refractivity contribution in [3.05, 3.63) is 28.8 Å². The van der Waals surface area contributed by atoms with Crippen molar-refractivity contribution in [1.29, 1.82) is 0 Å². The van der Waals surface area contributed by atoms with Crippen molar-refractivity contribution in [2.45, 2.75) is 97.8 Å². The van der Waals surface area contributed by atoms with Crippen LogP contribution in [0.3, 0.4) is 0 Å². The predicted octanol–water partition coefficient (Wildman–Crippen LogP) is 6.59. The fourth-order valence-corrected chi connectivity index (χ4v) is 3.34. The van der Waals surface area contributed by atoms with Crippen molar-refractivity contribution in [3.63, 3.8) is 0 Å². The van der Waals surface area contributed by atoms with Gasteiger partial charge in [-0.25, -0.2) is 4.79 Å². The predicted molar refractivity (Wildman–Crippen MR) is 109 cm³/mol. The SMILES string of the molecule is CCCCCCCCc1ccc(C(=O)OCCCCCC)c(O)c1CC. The van der Waals surface area contributed by atoms with Crippen LogP contribution in [0.4, 0.5) is 0 Å². The molecule has 0 unspecified atom stereocenters. The molecule has 1 aromatic carbocycles. The van der Waals surface area contributed by atoms with Gasteiger partial charge in [0, 0.05) is 0 Å². The Morgan fingerprint density at radius 1 is 0.885 bits per heavy atom. The number of esters is 1. The summed E-state index contributed by atoms with van der Waals surface area (Å²) in [6, 6.07) is 3.73. The summed E-state index contributed by atoms with van der Waals surface area (Å²) in [7, 11) is 0. The highest BCUT2D eigenvalue weighted by atomic mass is 16.5. The van der Waals surface area contributed by atoms with Crippen molar-refractivity contribution in [2.24, 2.45) is 0 Å². The summed E-state index contributed by atoms with van der Waals surface area (Å²) in [5, 5.41) is 10.6. The normalized spacial score (nSPS) is 10.9. The molecule has 1 rings (SSSR count). The minimum atomic E-state index is -0.403. The number of unbranched alkanes of at least 4 members (excludes halogenated alkanes) is 8. The van der Waals surface area contributed by atoms with Crippen molar-refractivity contribution in [1.82, 2.24) is 0 Å². The Balaban J connectivity index is 2.57. The van der Waals surface area contributed by atoms with E-state index < -0.39 is 5.97 Å². The van der Waals surface area contributed by atoms with E-state index in [9.17, 15) is 9.90 Å². The third-order valence-electron chi connectivity index (χ3n) is 4.98. The zero-order chi connectivity index (χ0) is 19.2. The number of carbonyl (C=O) groups is 1. The van der Waals surface area contributed by atoms with Crippen LogP contribution in [0.25, 0.3) is 0 Å². The number of ether oxygens (including phenoxy) is 1. The summed E-state index contributed by atoms with van der Waals surface area (Å²) in [5.74, 6) is -0.283. The zero-order valence-electron chi connectivity index (χ0n) is 17.1. The maximum atomic E-state index is 12.3. The lowest BCUT2D eigenvalue weighted by Crippen LogP contribution is -2.08. The van der Waals surface area contributed by atoms with E-state index in [-0.39, 0.29) is 5.75 Å². The second-order valence-electron chi connectivity index (χ2n) is 7.17. The van der Waals surface area contributed by atoms with Crippen molar-refractivity contribution >= 4 is 5.97 Å². The number of phenolic OH excluding ortho intramolecular Hbond substituents is 1. The fourth-order valence-electron chi connectivity index (χ4n) is 3.34. The van der Waals surface area contributed by atoms with Crippen molar-refractivity contribution in [2.75, 3.05) is 6.61 Å². The molecule has 0 amide bonds. The summed E-state index contributed by atoms with van der Waals surface area (Å²) >= 11 is 0. The number of carbonyl (C=O) groups excluding carboxylic acids is 1. The third kappa shape index (κ3) is 7.80. The number of benzene rings is 1. The smallest absolute Gasteiger partial charge is 0.341 e. The van der Waals surface area contributed by atoms with Gasteiger partial charge in [0.2, 0.25) is 0 Å². The van der Waals surface area contributed by atoms with Gasteiger partial charge in [0.1, 0.15) is 11.3 Å². The van der Waals surface area contributed by atoms with E-state index in [1.807, 2.05) is 13.0 Å². The lowest BCUT2D eigenvalue weighted by atomic mass is 9.95. The van der Waals surface area contributed by atoms with Crippen molar-refractivity contribution in [3.8, 4) is 5.75 Å². The van der Waals surface area contributed by atoms with E-state index in [0.717, 1.165) is 50.5 Å². The molecule has 0 fully saturated rings. The van der Waals surface area contributed by atoms with Gasteiger partial charge >= 0.3 is 5.97 Å². The molecule has 26 heavy (non-hydrogen) atoms. The van der Waals surface area contributed by atoms with Gasteiger partial charge in [0.15, 0.2) is 0 Å². The van der Waals surface area contributed by atoms with Crippen LogP contribution in [0.15, 0.2) is 12.1 Å². The fraction of sp³-hybridized carbons (Fsp3) is 0.696. The second-order valence-corrected chi connectivity index (χ2v) is 7.17. The Bertz CT molecular complexity index is 522. The van der Waals surface area contributed by atoms with Crippen LogP contribution in [-0.2, 0) is 17.6 Å². The van der Waals surface area contributed by atoms with E-state index >= 15 is 0 Å². The number of rotatable bonds is 14. The molecule has 1 N–H and O–H groups in total. The molecular formula is C23H38O3. The largest absolute Gasteiger partial charge is 0.507 e. The topological polar surface area (TPSA) is 46.5 Å². The number of phenols is 1. The molecule has 0 bridgehead atoms. The van der Waals surface area contributed by atoms with E-state index in [2.05, 4.69) is 13.8 Å². The average Bonchev–Trinajstić information content (AvgIpc) is 2.64. The van der Waals surface area contributed by atoms with E-state index in [1.54, 1.807) is 6.07 Å². The van der Waals surface area contributed by atoms with Gasteiger partial charge in [0.25, 0.3) is 0 Å². The number of aromatic hydroxyl groups is 1. The summed E-state index contributed by atoms with van der Waals surface area (Å²) in [5.41, 5.74) is 2.38. The molecule has 0 heterocycles. The number of aryl methyl sites for hydroxylation is 1. The van der Waals surface area contributed by atoms with Crippen LogP contribution in [-0.4, -0.2) is 17.7 Å². The minimum Gasteiger partial charge on any atom is -0.507 e. The molecule has 0 aromatic heterocycles. The van der Waals surface area contributed by atoms with E-state index in [4.69, 9.17) is 4.74 Å². The molecule has 0 aliphatic heterocycles. The molecule has 3 nitrogen and oxygen atoms in total. The van der Waals surface area contributed by atoms with Gasteiger partial charge in [-0.15, -0.1) is 0 Å². The maximum Gasteiger partial charge on any atom is 0.341 e. The maximum absolute atomic E-state index is 12.3. The minimum absolute atomic E-state index is 0.120. The summed E-state index contributed by atoms with van der Waals surface area (Å²) in [6.07, 6.45) is 13.5. The van der Waals surface area contributed by atoms with Gasteiger partial charge < -0.3 is 9.84 Å². The summed E-state index contributed by atoms with van der Waals surface area (Å²) in [6.45, 7) is 6.84. The highest BCUT2D eigenvalue weighted by Crippen LogP contribution is 2.29. The summed E-state index contributed by atoms with van der Waals surface area (Å²) in [4.78, 5) is 12.3. The first-order valence-electron chi connectivity index (χ1n) is 10.7. The van der Waals surface area contributed by atoms with Gasteiger partial charge in [-0.1, -0.05) is 78.2 Å². The van der Waals surface area contributed by atoms with Gasteiger partial charge in [-0.2, -0.15) is 0 Å². The molecule has 0 radical (unpaired) electrons. The average molecular weight is 363 g/mol. The Kier molecular flexibility index (Phi) is 11.8. The van der Waals surface area contributed by atoms with Crippen LogP contribution >= 0.6 is 0 Å². The Morgan fingerprint density at radius 3 is 2.15 bits per heavy atom. The Morgan fingerprint density at radius 2 is 1.50 bits per heavy atom. The molecule has 0 saturated carbocycles. The molecule has 3 heteroatoms. The van der Waals surface area contributed by atoms with E-state index in [1.165, 1.54) is 37.7 Å². The zero-order valence-corrected chi connectivity index (χ0v) is 17.1. The van der Waals surface area contributed by atoms with Crippen molar-refractivity contribution < 1.29 is 14.6 Å². The lowest BCUT2D eigenvalue weighted by Gasteiger charge is -2.14. The monoisotopic (exact) mass is 362 g/mol. The Labute approximate surface area is 160 Å². The van der Waals surface area contributed by atoms with Gasteiger partial charge in [-0.3, -0.25) is 0 Å². The molecule has 0 aliphatic carbocycles. The second kappa shape index (κ2) is 13.7. The van der Waals surface area contributed by atoms with E-state index in [0.29, 0.717) is 12.2 Å². The molecule has 1 aromatic rings. The van der Waals surface area contributed by atoms with Crippen LogP contribution in [0.2, 0.25) is 0 Å². The van der Waals surface area contributed by atoms with Crippen LogP contribution in [0.5, 0.6) is 5.75 Å². The molecular weight excluding hydrogens is 324 g/mol. The van der Waals surface area contributed by atoms with Gasteiger partial charge in [-0.05, 0) is 42.9 Å². The summed E-state index contributed by atoms with van der Waals surface area (Å²) < 4.78 is 5.33. The van der Waals surface area contributed by atoms with Crippen LogP contribution < -0.4 is 0 Å². The van der Waals surface area contributed by atoms with Gasteiger partial charge in [0.05, 0.1) is 6.61 Å². The quantitative estimate of drug-likeness (QED) is 0.300. The molecule has 148 valence electrons. The third-order valence-corrected chi connectivity index (χ3v) is 4.98. The van der Waals surface area contributed by atoms with Crippen LogP contribution in [0, 0.1) is 0 Å². The van der Waals surface area contributed by atoms with Crippen LogP contribution in [0.1, 0.15) is 106 Å². The first kappa shape index (κ1) is 22.5. The Hall–Kier alpha value is -1.51. The standard InChI is InChI=1S/C23H38O3/c1-4-7-9-11-12-13-15-19-16-17-21(22(24)20(19)6-3)23(25)26-18-14-10-8-5-2/h16-17,24H,4-15,18H2,1-3H3. The molecule has 0 saturated heterocycles. The number of hydrogen-bond acceptors (Lipinski definition) is 3. The lowest BCUT2D eigenvalue weighted by molar-refractivity contribution is 0.0494. The highest BCUT2D eigenvalue weighted by Gasteiger charge is 2.17. The molecule has 0 spiro atoms. The highest BCUT2D eigenvalue weighted by molar-refractivity contribution is 5.93.